The normalized spacial score (nSPS) is 11.7. The molecule has 0 bridgehead atoms. The third kappa shape index (κ3) is 1.84. The fourth-order valence-electron chi connectivity index (χ4n) is 1.20. The van der Waals surface area contributed by atoms with Gasteiger partial charge < -0.3 is 5.73 Å². The molecule has 0 aliphatic rings. The van der Waals surface area contributed by atoms with Crippen molar-refractivity contribution in [2.45, 2.75) is 18.7 Å². The fraction of sp³-hybridized carbons (Fsp3) is 0.250. The maximum absolute atomic E-state index is 11.0. The second-order valence-electron chi connectivity index (χ2n) is 3.02. The maximum atomic E-state index is 11.0. The van der Waals surface area contributed by atoms with E-state index in [-0.39, 0.29) is 21.2 Å². The van der Waals surface area contributed by atoms with Gasteiger partial charge in [-0.15, -0.1) is 0 Å². The fourth-order valence-corrected chi connectivity index (χ4v) is 2.45. The molecule has 0 amide bonds. The van der Waals surface area contributed by atoms with Crippen molar-refractivity contribution >= 4 is 27.4 Å². The van der Waals surface area contributed by atoms with Gasteiger partial charge in [0.15, 0.2) is 0 Å². The molecular weight excluding hydrogens is 226 g/mol. The quantitative estimate of drug-likeness (QED) is 0.574. The molecule has 0 saturated heterocycles. The van der Waals surface area contributed by atoms with Crippen LogP contribution in [-0.4, -0.2) is 13.0 Å². The molecule has 1 aromatic carbocycles. The number of hydrogen-bond acceptors (Lipinski definition) is 3. The first-order chi connectivity index (χ1) is 6.25. The van der Waals surface area contributed by atoms with Crippen molar-refractivity contribution in [1.29, 1.82) is 0 Å². The molecule has 0 radical (unpaired) electrons. The number of nitrogens with two attached hydrogens (primary N) is 1. The number of rotatable bonds is 1. The van der Waals surface area contributed by atoms with E-state index in [0.29, 0.717) is 5.56 Å². The summed E-state index contributed by atoms with van der Waals surface area (Å²) >= 11 is 5.77. The van der Waals surface area contributed by atoms with Crippen molar-refractivity contribution < 1.29 is 13.0 Å². The number of anilines is 1. The van der Waals surface area contributed by atoms with Crippen LogP contribution in [0, 0.1) is 13.8 Å². The Morgan fingerprint density at radius 2 is 1.93 bits per heavy atom. The van der Waals surface area contributed by atoms with Crippen LogP contribution in [0.15, 0.2) is 11.0 Å². The Morgan fingerprint density at radius 1 is 1.43 bits per heavy atom. The van der Waals surface area contributed by atoms with Crippen LogP contribution >= 0.6 is 11.6 Å². The van der Waals surface area contributed by atoms with Crippen molar-refractivity contribution in [2.24, 2.45) is 0 Å². The lowest BCUT2D eigenvalue weighted by Crippen LogP contribution is -2.07. The van der Waals surface area contributed by atoms with Crippen molar-refractivity contribution in [2.75, 3.05) is 5.73 Å². The van der Waals surface area contributed by atoms with Gasteiger partial charge in [0.2, 0.25) is 0 Å². The summed E-state index contributed by atoms with van der Waals surface area (Å²) < 4.78 is 30.9. The molecule has 0 fully saturated rings. The Labute approximate surface area is 87.4 Å². The predicted octanol–water partition coefficient (Wildman–Crippen LogP) is 1.79. The van der Waals surface area contributed by atoms with Crippen LogP contribution in [0.4, 0.5) is 5.69 Å². The van der Waals surface area contributed by atoms with Gasteiger partial charge in [-0.3, -0.25) is 4.55 Å². The first kappa shape index (κ1) is 11.3. The molecule has 0 saturated carbocycles. The van der Waals surface area contributed by atoms with E-state index in [0.717, 1.165) is 0 Å². The lowest BCUT2D eigenvalue weighted by atomic mass is 10.1. The minimum atomic E-state index is -4.32. The second-order valence-corrected chi connectivity index (χ2v) is 4.78. The molecule has 1 rings (SSSR count). The molecule has 0 heterocycles. The summed E-state index contributed by atoms with van der Waals surface area (Å²) in [6, 6.07) is 1.56. The predicted molar refractivity (Wildman–Crippen MR) is 55.2 cm³/mol. The van der Waals surface area contributed by atoms with E-state index in [2.05, 4.69) is 0 Å². The Bertz CT molecular complexity index is 456. The van der Waals surface area contributed by atoms with Crippen molar-refractivity contribution in [3.63, 3.8) is 0 Å². The van der Waals surface area contributed by atoms with E-state index in [9.17, 15) is 8.42 Å². The summed E-state index contributed by atoms with van der Waals surface area (Å²) in [6.45, 7) is 3.11. The smallest absolute Gasteiger partial charge is 0.296 e. The molecule has 78 valence electrons. The highest BCUT2D eigenvalue weighted by Gasteiger charge is 2.20. The van der Waals surface area contributed by atoms with Gasteiger partial charge in [-0.05, 0) is 31.0 Å². The highest BCUT2D eigenvalue weighted by Crippen LogP contribution is 2.31. The molecule has 0 spiro atoms. The minimum absolute atomic E-state index is 0.0365. The zero-order valence-electron chi connectivity index (χ0n) is 7.70. The second kappa shape index (κ2) is 3.42. The van der Waals surface area contributed by atoms with E-state index < -0.39 is 10.1 Å². The van der Waals surface area contributed by atoms with Crippen LogP contribution in [0.25, 0.3) is 0 Å². The summed E-state index contributed by atoms with van der Waals surface area (Å²) in [6.07, 6.45) is 0. The molecule has 1 aromatic rings. The van der Waals surface area contributed by atoms with E-state index in [1.54, 1.807) is 13.0 Å². The van der Waals surface area contributed by atoms with Crippen molar-refractivity contribution in [3.8, 4) is 0 Å². The lowest BCUT2D eigenvalue weighted by molar-refractivity contribution is 0.483. The molecule has 0 aliphatic carbocycles. The van der Waals surface area contributed by atoms with Gasteiger partial charge in [0.25, 0.3) is 10.1 Å². The average Bonchev–Trinajstić information content (AvgIpc) is 1.98. The van der Waals surface area contributed by atoms with Crippen LogP contribution in [-0.2, 0) is 10.1 Å². The van der Waals surface area contributed by atoms with Crippen molar-refractivity contribution in [1.82, 2.24) is 0 Å². The molecule has 0 unspecified atom stereocenters. The van der Waals surface area contributed by atoms with E-state index in [1.165, 1.54) is 6.92 Å². The Balaban J connectivity index is 3.74. The highest BCUT2D eigenvalue weighted by atomic mass is 35.5. The average molecular weight is 236 g/mol. The van der Waals surface area contributed by atoms with Gasteiger partial charge in [0, 0.05) is 5.02 Å². The maximum Gasteiger partial charge on any atom is 0.296 e. The minimum Gasteiger partial charge on any atom is -0.397 e. The number of benzene rings is 1. The number of aryl methyl sites for hydroxylation is 1. The first-order valence-electron chi connectivity index (χ1n) is 3.78. The van der Waals surface area contributed by atoms with Crippen LogP contribution < -0.4 is 5.73 Å². The van der Waals surface area contributed by atoms with Crippen LogP contribution in [0.5, 0.6) is 0 Å². The monoisotopic (exact) mass is 235 g/mol. The third-order valence-corrected chi connectivity index (χ3v) is 3.40. The Morgan fingerprint density at radius 3 is 2.36 bits per heavy atom. The van der Waals surface area contributed by atoms with Gasteiger partial charge in [0.1, 0.15) is 4.90 Å². The van der Waals surface area contributed by atoms with Gasteiger partial charge in [-0.25, -0.2) is 0 Å². The molecule has 4 nitrogen and oxygen atoms in total. The summed E-state index contributed by atoms with van der Waals surface area (Å²) in [5.41, 5.74) is 6.36. The molecule has 0 atom stereocenters. The SMILES string of the molecule is Cc1cc(Cl)c(C)c(S(=O)(=O)O)c1N. The van der Waals surface area contributed by atoms with Crippen LogP contribution in [0.3, 0.4) is 0 Å². The standard InChI is InChI=1S/C8H10ClNO3S/c1-4-3-6(9)5(2)8(7(4)10)14(11,12)13/h3H,10H2,1-2H3,(H,11,12,13). The summed E-state index contributed by atoms with van der Waals surface area (Å²) in [7, 11) is -4.32. The van der Waals surface area contributed by atoms with Gasteiger partial charge in [-0.2, -0.15) is 8.42 Å². The van der Waals surface area contributed by atoms with Gasteiger partial charge in [-0.1, -0.05) is 11.6 Å². The zero-order valence-corrected chi connectivity index (χ0v) is 9.28. The van der Waals surface area contributed by atoms with E-state index in [1.807, 2.05) is 0 Å². The summed E-state index contributed by atoms with van der Waals surface area (Å²) in [5.74, 6) is 0. The largest absolute Gasteiger partial charge is 0.397 e. The van der Waals surface area contributed by atoms with E-state index >= 15 is 0 Å². The summed E-state index contributed by atoms with van der Waals surface area (Å²) in [5, 5.41) is 0.268. The number of halogens is 1. The molecule has 0 aliphatic heterocycles. The Hall–Kier alpha value is -0.780. The first-order valence-corrected chi connectivity index (χ1v) is 5.59. The van der Waals surface area contributed by atoms with Crippen LogP contribution in [0.1, 0.15) is 11.1 Å². The van der Waals surface area contributed by atoms with Gasteiger partial charge in [0.05, 0.1) is 5.69 Å². The molecule has 0 aromatic heterocycles. The topological polar surface area (TPSA) is 80.4 Å². The highest BCUT2D eigenvalue weighted by molar-refractivity contribution is 7.86. The molecular formula is C8H10ClNO3S. The Kier molecular flexibility index (Phi) is 2.76. The zero-order chi connectivity index (χ0) is 11.1. The lowest BCUT2D eigenvalue weighted by Gasteiger charge is -2.10. The molecule has 3 N–H and O–H groups in total. The third-order valence-electron chi connectivity index (χ3n) is 1.97. The van der Waals surface area contributed by atoms with Crippen molar-refractivity contribution in [3.05, 3.63) is 22.2 Å². The van der Waals surface area contributed by atoms with E-state index in [4.69, 9.17) is 21.9 Å². The van der Waals surface area contributed by atoms with Gasteiger partial charge >= 0.3 is 0 Å². The van der Waals surface area contributed by atoms with Crippen LogP contribution in [0.2, 0.25) is 5.02 Å². The summed E-state index contributed by atoms with van der Waals surface area (Å²) in [4.78, 5) is -0.303. The molecule has 14 heavy (non-hydrogen) atoms. The number of hydrogen-bond donors (Lipinski definition) is 2. The molecule has 6 heteroatoms. The number of nitrogen functional groups attached to an aromatic ring is 1.